The van der Waals surface area contributed by atoms with Gasteiger partial charge in [-0.1, -0.05) is 17.7 Å². The predicted molar refractivity (Wildman–Crippen MR) is 127 cm³/mol. The van der Waals surface area contributed by atoms with E-state index in [9.17, 15) is 13.2 Å². The van der Waals surface area contributed by atoms with E-state index in [0.29, 0.717) is 11.7 Å². The maximum absolute atomic E-state index is 13.2. The third-order valence-electron chi connectivity index (χ3n) is 5.46. The van der Waals surface area contributed by atoms with Gasteiger partial charge in [-0.2, -0.15) is 13.2 Å². The van der Waals surface area contributed by atoms with E-state index in [4.69, 9.17) is 23.8 Å². The van der Waals surface area contributed by atoms with Crippen molar-refractivity contribution in [3.63, 3.8) is 0 Å². The molecule has 1 aromatic heterocycles. The Morgan fingerprint density at radius 2 is 1.84 bits per heavy atom. The molecule has 0 bridgehead atoms. The molecule has 0 radical (unpaired) electrons. The first-order chi connectivity index (χ1) is 14.8. The predicted octanol–water partition coefficient (Wildman–Crippen LogP) is 6.26. The molecular weight excluding hydrogens is 457 g/mol. The molecule has 3 rings (SSSR count). The summed E-state index contributed by atoms with van der Waals surface area (Å²) in [6.45, 7) is 8.99. The van der Waals surface area contributed by atoms with Crippen LogP contribution in [0, 0.1) is 0 Å². The third kappa shape index (κ3) is 6.33. The fourth-order valence-corrected chi connectivity index (χ4v) is 4.99. The summed E-state index contributed by atoms with van der Waals surface area (Å²) < 4.78 is 39.6. The molecule has 0 saturated carbocycles. The highest BCUT2D eigenvalue weighted by Crippen LogP contribution is 2.35. The van der Waals surface area contributed by atoms with E-state index in [1.807, 2.05) is 23.1 Å². The molecule has 1 aliphatic heterocycles. The number of aromatic nitrogens is 1. The van der Waals surface area contributed by atoms with Crippen molar-refractivity contribution in [3.8, 4) is 0 Å². The van der Waals surface area contributed by atoms with Crippen LogP contribution < -0.4 is 10.6 Å². The number of halogens is 4. The fourth-order valence-electron chi connectivity index (χ4n) is 4.51. The zero-order chi connectivity index (χ0) is 23.7. The number of rotatable bonds is 4. The van der Waals surface area contributed by atoms with Crippen molar-refractivity contribution in [3.05, 3.63) is 58.9 Å². The standard InChI is InChI=1S/C23H28ClF3N4S/c1-21(2)12-17(13-22(3,4)30-21)31(14-16-7-5-6-10-28-16)20(32)29-19-11-15(23(25,26)27)8-9-18(19)24/h5-11,17,30H,12-14H2,1-4H3,(H,29,32). The van der Waals surface area contributed by atoms with E-state index in [-0.39, 0.29) is 27.8 Å². The number of piperidine rings is 1. The Kier molecular flexibility index (Phi) is 7.08. The molecule has 0 spiro atoms. The molecule has 1 fully saturated rings. The average Bonchev–Trinajstić information content (AvgIpc) is 2.65. The smallest absolute Gasteiger partial charge is 0.340 e. The number of anilines is 1. The van der Waals surface area contributed by atoms with Gasteiger partial charge in [-0.3, -0.25) is 4.98 Å². The summed E-state index contributed by atoms with van der Waals surface area (Å²) >= 11 is 11.9. The number of hydrogen-bond donors (Lipinski definition) is 2. The fraction of sp³-hybridized carbons (Fsp3) is 0.478. The van der Waals surface area contributed by atoms with Crippen LogP contribution in [0.1, 0.15) is 51.8 Å². The maximum Gasteiger partial charge on any atom is 0.416 e. The van der Waals surface area contributed by atoms with E-state index >= 15 is 0 Å². The Morgan fingerprint density at radius 1 is 1.19 bits per heavy atom. The second-order valence-electron chi connectivity index (χ2n) is 9.53. The summed E-state index contributed by atoms with van der Waals surface area (Å²) in [5.74, 6) is 0. The molecule has 0 aliphatic carbocycles. The second-order valence-corrected chi connectivity index (χ2v) is 10.3. The lowest BCUT2D eigenvalue weighted by molar-refractivity contribution is -0.137. The van der Waals surface area contributed by atoms with Crippen molar-refractivity contribution >= 4 is 34.6 Å². The minimum absolute atomic E-state index is 0.0489. The highest BCUT2D eigenvalue weighted by atomic mass is 35.5. The van der Waals surface area contributed by atoms with Gasteiger partial charge in [0.2, 0.25) is 0 Å². The van der Waals surface area contributed by atoms with Gasteiger partial charge in [0.05, 0.1) is 28.5 Å². The van der Waals surface area contributed by atoms with Crippen LogP contribution in [0.5, 0.6) is 0 Å². The number of thiocarbonyl (C=S) groups is 1. The Balaban J connectivity index is 1.92. The summed E-state index contributed by atoms with van der Waals surface area (Å²) in [6.07, 6.45) is -1.15. The summed E-state index contributed by atoms with van der Waals surface area (Å²) in [6, 6.07) is 8.87. The first-order valence-corrected chi connectivity index (χ1v) is 11.2. The molecule has 0 amide bonds. The molecule has 0 unspecified atom stereocenters. The van der Waals surface area contributed by atoms with Crippen molar-refractivity contribution in [2.24, 2.45) is 0 Å². The SMILES string of the molecule is CC1(C)CC(N(Cc2ccccn2)C(=S)Nc2cc(C(F)(F)F)ccc2Cl)CC(C)(C)N1. The van der Waals surface area contributed by atoms with E-state index in [1.54, 1.807) is 6.20 Å². The van der Waals surface area contributed by atoms with E-state index in [0.717, 1.165) is 30.7 Å². The van der Waals surface area contributed by atoms with Gasteiger partial charge >= 0.3 is 6.18 Å². The van der Waals surface area contributed by atoms with E-state index in [1.165, 1.54) is 6.07 Å². The minimum atomic E-state index is -4.47. The van der Waals surface area contributed by atoms with Crippen molar-refractivity contribution in [1.29, 1.82) is 0 Å². The van der Waals surface area contributed by atoms with Crippen LogP contribution in [-0.4, -0.2) is 32.1 Å². The van der Waals surface area contributed by atoms with Gasteiger partial charge in [-0.25, -0.2) is 0 Å². The van der Waals surface area contributed by atoms with Crippen molar-refractivity contribution in [2.75, 3.05) is 5.32 Å². The number of benzene rings is 1. The zero-order valence-electron chi connectivity index (χ0n) is 18.6. The van der Waals surface area contributed by atoms with Crippen LogP contribution in [0.15, 0.2) is 42.6 Å². The molecule has 174 valence electrons. The lowest BCUT2D eigenvalue weighted by atomic mass is 9.79. The monoisotopic (exact) mass is 484 g/mol. The molecular formula is C23H28ClF3N4S. The van der Waals surface area contributed by atoms with Crippen LogP contribution in [0.3, 0.4) is 0 Å². The van der Waals surface area contributed by atoms with Crippen molar-refractivity contribution in [2.45, 2.75) is 70.4 Å². The molecule has 4 nitrogen and oxygen atoms in total. The largest absolute Gasteiger partial charge is 0.416 e. The first-order valence-electron chi connectivity index (χ1n) is 10.4. The van der Waals surface area contributed by atoms with E-state index < -0.39 is 11.7 Å². The van der Waals surface area contributed by atoms with Gasteiger partial charge in [-0.05, 0) is 83.1 Å². The lowest BCUT2D eigenvalue weighted by Gasteiger charge is -2.50. The number of nitrogens with one attached hydrogen (secondary N) is 2. The quantitative estimate of drug-likeness (QED) is 0.501. The Hall–Kier alpha value is -1.90. The topological polar surface area (TPSA) is 40.2 Å². The van der Waals surface area contributed by atoms with Gasteiger partial charge in [0.25, 0.3) is 0 Å². The molecule has 2 N–H and O–H groups in total. The van der Waals surface area contributed by atoms with Gasteiger partial charge < -0.3 is 15.5 Å². The van der Waals surface area contributed by atoms with Gasteiger partial charge in [0.15, 0.2) is 5.11 Å². The number of alkyl halides is 3. The van der Waals surface area contributed by atoms with Crippen LogP contribution >= 0.6 is 23.8 Å². The normalized spacial score (nSPS) is 18.2. The Morgan fingerprint density at radius 3 is 2.41 bits per heavy atom. The van der Waals surface area contributed by atoms with Gasteiger partial charge in [0.1, 0.15) is 0 Å². The van der Waals surface area contributed by atoms with Crippen LogP contribution in [0.4, 0.5) is 18.9 Å². The highest BCUT2D eigenvalue weighted by Gasteiger charge is 2.41. The van der Waals surface area contributed by atoms with E-state index in [2.05, 4.69) is 43.3 Å². The summed E-state index contributed by atoms with van der Waals surface area (Å²) in [5, 5.41) is 7.11. The third-order valence-corrected chi connectivity index (χ3v) is 6.13. The Bertz CT molecular complexity index is 947. The minimum Gasteiger partial charge on any atom is -0.340 e. The number of hydrogen-bond acceptors (Lipinski definition) is 3. The molecule has 1 aromatic carbocycles. The molecule has 9 heteroatoms. The number of nitrogens with zero attached hydrogens (tertiary/aromatic N) is 2. The highest BCUT2D eigenvalue weighted by molar-refractivity contribution is 7.80. The van der Waals surface area contributed by atoms with Crippen LogP contribution in [0.25, 0.3) is 0 Å². The Labute approximate surface area is 197 Å². The molecule has 1 saturated heterocycles. The molecule has 32 heavy (non-hydrogen) atoms. The maximum atomic E-state index is 13.2. The summed E-state index contributed by atoms with van der Waals surface area (Å²) in [5.41, 5.74) is -0.116. The molecule has 1 aliphatic rings. The zero-order valence-corrected chi connectivity index (χ0v) is 20.1. The summed E-state index contributed by atoms with van der Waals surface area (Å²) in [4.78, 5) is 6.43. The van der Waals surface area contributed by atoms with Gasteiger partial charge in [-0.15, -0.1) is 0 Å². The first kappa shape index (κ1) is 24.7. The molecule has 0 atom stereocenters. The van der Waals surface area contributed by atoms with Crippen molar-refractivity contribution in [1.82, 2.24) is 15.2 Å². The van der Waals surface area contributed by atoms with Crippen LogP contribution in [-0.2, 0) is 12.7 Å². The molecule has 2 heterocycles. The average molecular weight is 485 g/mol. The van der Waals surface area contributed by atoms with Crippen LogP contribution in [0.2, 0.25) is 5.02 Å². The molecule has 2 aromatic rings. The number of pyridine rings is 1. The van der Waals surface area contributed by atoms with Gasteiger partial charge in [0, 0.05) is 23.3 Å². The second kappa shape index (κ2) is 9.15. The summed E-state index contributed by atoms with van der Waals surface area (Å²) in [7, 11) is 0. The van der Waals surface area contributed by atoms with Crippen molar-refractivity contribution < 1.29 is 13.2 Å². The lowest BCUT2D eigenvalue weighted by Crippen LogP contribution is -2.63.